The molecule has 0 bridgehead atoms. The quantitative estimate of drug-likeness (QED) is 0.213. The molecule has 0 radical (unpaired) electrons. The highest BCUT2D eigenvalue weighted by Crippen LogP contribution is 2.32. The summed E-state index contributed by atoms with van der Waals surface area (Å²) in [6.07, 6.45) is 5.19. The lowest BCUT2D eigenvalue weighted by Gasteiger charge is -2.41. The number of nitrogens with one attached hydrogen (secondary N) is 2. The Morgan fingerprint density at radius 3 is 1.27 bits per heavy atom. The van der Waals surface area contributed by atoms with Gasteiger partial charge < -0.3 is 25.3 Å². The largest absolute Gasteiger partial charge is 0.371 e. The van der Waals surface area contributed by atoms with Crippen molar-refractivity contribution in [2.45, 2.75) is 170 Å². The molecule has 4 fully saturated rings. The SMILES string of the molecule is CC.CC(=O)N1CCN(c2ccc(C(C)(C)C)cc2)CC1.CC(C)(C)c1ccc(N2CCC(N3CCNCC3)CC2)cc1.CC(C)(C)c1ccccc1.Cc1cc(C(C)(C)C)ccc1C1CCNCC1. The molecule has 1 amide bonds. The first-order valence-corrected chi connectivity index (χ1v) is 27.3. The Bertz CT molecular complexity index is 2070. The Kier molecular flexibility index (Phi) is 22.6. The van der Waals surface area contributed by atoms with Gasteiger partial charge in [0, 0.05) is 89.8 Å². The molecule has 0 aromatic heterocycles. The van der Waals surface area contributed by atoms with Crippen molar-refractivity contribution in [3.8, 4) is 0 Å². The number of benzene rings is 4. The molecule has 4 aromatic rings. The van der Waals surface area contributed by atoms with Crippen LogP contribution in [-0.2, 0) is 26.5 Å². The first-order chi connectivity index (χ1) is 33.0. The maximum Gasteiger partial charge on any atom is 0.219 e. The van der Waals surface area contributed by atoms with Crippen molar-refractivity contribution in [1.82, 2.24) is 20.4 Å². The van der Waals surface area contributed by atoms with Gasteiger partial charge >= 0.3 is 0 Å². The van der Waals surface area contributed by atoms with Crippen molar-refractivity contribution in [3.05, 3.63) is 130 Å². The molecule has 4 aliphatic rings. The summed E-state index contributed by atoms with van der Waals surface area (Å²) in [5.74, 6) is 0.952. The molecule has 0 unspecified atom stereocenters. The molecule has 0 saturated carbocycles. The minimum atomic E-state index is 0.183. The second-order valence-corrected chi connectivity index (χ2v) is 24.1. The van der Waals surface area contributed by atoms with E-state index in [1.165, 1.54) is 104 Å². The van der Waals surface area contributed by atoms with Crippen LogP contribution >= 0.6 is 0 Å². The molecule has 2 N–H and O–H groups in total. The summed E-state index contributed by atoms with van der Waals surface area (Å²) in [5.41, 5.74) is 12.3. The summed E-state index contributed by atoms with van der Waals surface area (Å²) >= 11 is 0. The molecule has 7 heteroatoms. The molecule has 388 valence electrons. The van der Waals surface area contributed by atoms with Gasteiger partial charge in [-0.15, -0.1) is 0 Å². The van der Waals surface area contributed by atoms with Gasteiger partial charge in [-0.3, -0.25) is 9.69 Å². The average Bonchev–Trinajstić information content (AvgIpc) is 3.35. The van der Waals surface area contributed by atoms with Gasteiger partial charge in [0.25, 0.3) is 0 Å². The standard InChI is InChI=1S/C19H31N3.C16H24N2O.C16H25N.C10H14.C2H6/c1-19(2,3)16-4-6-17(7-5-16)21-12-8-18(9-13-21)22-14-10-20-11-15-22;1-13(19)17-9-11-18(12-10-17)15-7-5-14(6-8-15)16(2,3)4;1-12-11-14(16(2,3)4)5-6-15(12)13-7-9-17-10-8-13;1-10(2,3)9-7-5-4-6-8-9;1-2/h4-7,18,20H,8-15H2,1-3H3;5-8H,9-12H2,1-4H3;5-6,11,13,17H,7-10H2,1-4H3;4-8H,1-3H3;1-2H3. The lowest BCUT2D eigenvalue weighted by Crippen LogP contribution is -2.52. The fourth-order valence-electron chi connectivity index (χ4n) is 9.83. The van der Waals surface area contributed by atoms with Crippen molar-refractivity contribution in [2.75, 3.05) is 88.3 Å². The van der Waals surface area contributed by atoms with Gasteiger partial charge in [0.1, 0.15) is 0 Å². The number of hydrogen-bond donors (Lipinski definition) is 2. The first kappa shape index (κ1) is 58.4. The van der Waals surface area contributed by atoms with Gasteiger partial charge in [0.15, 0.2) is 0 Å². The van der Waals surface area contributed by atoms with Crippen LogP contribution in [0.2, 0.25) is 0 Å². The normalized spacial score (nSPS) is 17.6. The van der Waals surface area contributed by atoms with Gasteiger partial charge in [-0.1, -0.05) is 170 Å². The predicted octanol–water partition coefficient (Wildman–Crippen LogP) is 13.3. The maximum absolute atomic E-state index is 11.3. The molecule has 0 aliphatic carbocycles. The summed E-state index contributed by atoms with van der Waals surface area (Å²) < 4.78 is 0. The number of piperidine rings is 2. The van der Waals surface area contributed by atoms with Crippen LogP contribution in [0.5, 0.6) is 0 Å². The maximum atomic E-state index is 11.3. The molecule has 4 heterocycles. The number of rotatable bonds is 4. The minimum absolute atomic E-state index is 0.183. The molecule has 4 saturated heterocycles. The third kappa shape index (κ3) is 18.5. The van der Waals surface area contributed by atoms with E-state index < -0.39 is 0 Å². The van der Waals surface area contributed by atoms with Crippen LogP contribution in [0.15, 0.2) is 97.1 Å². The fraction of sp³-hybridized carbons (Fsp3) is 0.603. The van der Waals surface area contributed by atoms with E-state index in [-0.39, 0.29) is 22.2 Å². The molecular weight excluding hydrogens is 857 g/mol. The number of carbonyl (C=O) groups is 1. The molecule has 4 aromatic carbocycles. The van der Waals surface area contributed by atoms with Gasteiger partial charge in [-0.05, 0) is 131 Å². The zero-order valence-corrected chi connectivity index (χ0v) is 47.4. The second kappa shape index (κ2) is 27.0. The topological polar surface area (TPSA) is 54.1 Å². The molecule has 8 rings (SSSR count). The van der Waals surface area contributed by atoms with E-state index in [0.717, 1.165) is 51.2 Å². The smallest absolute Gasteiger partial charge is 0.219 e. The van der Waals surface area contributed by atoms with E-state index in [2.05, 4.69) is 212 Å². The highest BCUT2D eigenvalue weighted by atomic mass is 16.2. The van der Waals surface area contributed by atoms with Crippen molar-refractivity contribution in [1.29, 1.82) is 0 Å². The van der Waals surface area contributed by atoms with Gasteiger partial charge in [-0.25, -0.2) is 0 Å². The summed E-state index contributed by atoms with van der Waals surface area (Å²) in [7, 11) is 0. The van der Waals surface area contributed by atoms with Crippen LogP contribution in [0.1, 0.15) is 169 Å². The molecular formula is C63H100N6O. The Balaban J connectivity index is 0.000000206. The third-order valence-corrected chi connectivity index (χ3v) is 14.6. The Hall–Kier alpha value is -4.17. The van der Waals surface area contributed by atoms with Crippen molar-refractivity contribution in [3.63, 3.8) is 0 Å². The summed E-state index contributed by atoms with van der Waals surface area (Å²) in [6, 6.07) is 36.5. The Morgan fingerprint density at radius 2 is 0.871 bits per heavy atom. The zero-order chi connectivity index (χ0) is 51.7. The summed E-state index contributed by atoms with van der Waals surface area (Å²) in [4.78, 5) is 20.8. The lowest BCUT2D eigenvalue weighted by molar-refractivity contribution is -0.129. The number of carbonyl (C=O) groups excluding carboxylic acids is 1. The van der Waals surface area contributed by atoms with Crippen molar-refractivity contribution < 1.29 is 4.79 Å². The van der Waals surface area contributed by atoms with Crippen LogP contribution in [0, 0.1) is 6.92 Å². The van der Waals surface area contributed by atoms with Gasteiger partial charge in [0.05, 0.1) is 0 Å². The second-order valence-electron chi connectivity index (χ2n) is 24.1. The van der Waals surface area contributed by atoms with E-state index in [4.69, 9.17) is 0 Å². The van der Waals surface area contributed by atoms with Crippen molar-refractivity contribution >= 4 is 17.3 Å². The van der Waals surface area contributed by atoms with Crippen LogP contribution in [0.3, 0.4) is 0 Å². The van der Waals surface area contributed by atoms with Crippen LogP contribution in [0.4, 0.5) is 11.4 Å². The molecule has 70 heavy (non-hydrogen) atoms. The van der Waals surface area contributed by atoms with Gasteiger partial charge in [-0.2, -0.15) is 0 Å². The van der Waals surface area contributed by atoms with E-state index >= 15 is 0 Å². The van der Waals surface area contributed by atoms with E-state index in [9.17, 15) is 4.79 Å². The Labute approximate surface area is 429 Å². The van der Waals surface area contributed by atoms with E-state index in [1.54, 1.807) is 12.5 Å². The zero-order valence-electron chi connectivity index (χ0n) is 47.4. The fourth-order valence-corrected chi connectivity index (χ4v) is 9.83. The average molecular weight is 958 g/mol. The van der Waals surface area contributed by atoms with E-state index in [0.29, 0.717) is 5.41 Å². The molecule has 0 atom stereocenters. The molecule has 4 aliphatic heterocycles. The monoisotopic (exact) mass is 957 g/mol. The van der Waals surface area contributed by atoms with E-state index in [1.807, 2.05) is 18.7 Å². The Morgan fingerprint density at radius 1 is 0.471 bits per heavy atom. The predicted molar refractivity (Wildman–Crippen MR) is 306 cm³/mol. The number of nitrogens with zero attached hydrogens (tertiary/aromatic N) is 4. The number of amides is 1. The van der Waals surface area contributed by atoms with Crippen LogP contribution < -0.4 is 20.4 Å². The third-order valence-electron chi connectivity index (χ3n) is 14.6. The van der Waals surface area contributed by atoms with Crippen LogP contribution in [0.25, 0.3) is 0 Å². The number of aryl methyl sites for hydroxylation is 1. The number of piperazine rings is 2. The first-order valence-electron chi connectivity index (χ1n) is 27.3. The number of hydrogen-bond acceptors (Lipinski definition) is 6. The molecule has 7 nitrogen and oxygen atoms in total. The summed E-state index contributed by atoms with van der Waals surface area (Å²) in [6.45, 7) is 48.0. The lowest BCUT2D eigenvalue weighted by atomic mass is 9.82. The summed E-state index contributed by atoms with van der Waals surface area (Å²) in [5, 5.41) is 6.89. The highest BCUT2D eigenvalue weighted by Gasteiger charge is 2.26. The minimum Gasteiger partial charge on any atom is -0.371 e. The van der Waals surface area contributed by atoms with Crippen LogP contribution in [-0.4, -0.2) is 100 Å². The van der Waals surface area contributed by atoms with Gasteiger partial charge in [0.2, 0.25) is 5.91 Å². The molecule has 0 spiro atoms. The number of anilines is 2. The highest BCUT2D eigenvalue weighted by molar-refractivity contribution is 5.73. The van der Waals surface area contributed by atoms with Crippen molar-refractivity contribution in [2.24, 2.45) is 0 Å².